The van der Waals surface area contributed by atoms with Crippen LogP contribution in [0.25, 0.3) is 0 Å². The summed E-state index contributed by atoms with van der Waals surface area (Å²) in [7, 11) is -3.34. The van der Waals surface area contributed by atoms with Crippen molar-refractivity contribution in [1.82, 2.24) is 0 Å². The topological polar surface area (TPSA) is 75.3 Å². The number of aryl methyl sites for hydroxylation is 1. The molecule has 0 aliphatic rings. The second kappa shape index (κ2) is 9.15. The Morgan fingerprint density at radius 3 is 2.28 bits per heavy atom. The average molecular weight is 427 g/mol. The number of amides is 1. The number of thioether (sulfide) groups is 1. The smallest absolute Gasteiger partial charge is 0.255 e. The van der Waals surface area contributed by atoms with Crippen molar-refractivity contribution in [2.75, 3.05) is 16.3 Å². The summed E-state index contributed by atoms with van der Waals surface area (Å²) in [6.45, 7) is 1.96. The lowest BCUT2D eigenvalue weighted by Crippen LogP contribution is -2.13. The van der Waals surface area contributed by atoms with Crippen molar-refractivity contribution in [3.63, 3.8) is 0 Å². The molecule has 0 saturated carbocycles. The van der Waals surface area contributed by atoms with Crippen LogP contribution in [0.5, 0.6) is 0 Å². The summed E-state index contributed by atoms with van der Waals surface area (Å²) in [5, 5.41) is 2.91. The molecule has 0 aromatic heterocycles. The van der Waals surface area contributed by atoms with Gasteiger partial charge in [0.25, 0.3) is 5.91 Å². The first-order valence-corrected chi connectivity index (χ1v) is 11.8. The Kier molecular flexibility index (Phi) is 6.61. The molecule has 7 heteroatoms. The number of nitrogens with one attached hydrogen (secondary N) is 2. The highest BCUT2D eigenvalue weighted by Gasteiger charge is 2.09. The maximum atomic E-state index is 12.5. The third-order valence-corrected chi connectivity index (χ3v) is 5.83. The number of rotatable bonds is 7. The van der Waals surface area contributed by atoms with Crippen LogP contribution in [-0.2, 0) is 15.8 Å². The minimum atomic E-state index is -3.34. The van der Waals surface area contributed by atoms with Crippen molar-refractivity contribution in [2.45, 2.75) is 17.6 Å². The standard InChI is InChI=1S/C22H22N2O3S2/c1-16-14-17(15-28-20-6-4-3-5-7-20)8-13-21(16)23-22(25)18-9-11-19(12-10-18)24-29(2,26)27/h3-14,24H,15H2,1-2H3,(H,23,25). The van der Waals surface area contributed by atoms with E-state index in [2.05, 4.69) is 28.2 Å². The average Bonchev–Trinajstić information content (AvgIpc) is 2.68. The van der Waals surface area contributed by atoms with E-state index in [0.29, 0.717) is 11.3 Å². The van der Waals surface area contributed by atoms with E-state index >= 15 is 0 Å². The normalized spacial score (nSPS) is 11.1. The van der Waals surface area contributed by atoms with E-state index in [1.165, 1.54) is 10.5 Å². The molecule has 3 aromatic carbocycles. The number of anilines is 2. The van der Waals surface area contributed by atoms with Crippen LogP contribution in [-0.4, -0.2) is 20.6 Å². The highest BCUT2D eigenvalue weighted by Crippen LogP contribution is 2.25. The van der Waals surface area contributed by atoms with E-state index in [4.69, 9.17) is 0 Å². The van der Waals surface area contributed by atoms with E-state index in [9.17, 15) is 13.2 Å². The molecule has 3 rings (SSSR count). The monoisotopic (exact) mass is 426 g/mol. The van der Waals surface area contributed by atoms with Crippen molar-refractivity contribution < 1.29 is 13.2 Å². The zero-order chi connectivity index (χ0) is 20.9. The molecule has 0 fully saturated rings. The summed E-state index contributed by atoms with van der Waals surface area (Å²) in [5.74, 6) is 0.610. The number of carbonyl (C=O) groups excluding carboxylic acids is 1. The van der Waals surface area contributed by atoms with Gasteiger partial charge in [-0.2, -0.15) is 0 Å². The van der Waals surface area contributed by atoms with Gasteiger partial charge >= 0.3 is 0 Å². The van der Waals surface area contributed by atoms with Gasteiger partial charge in [-0.1, -0.05) is 30.3 Å². The van der Waals surface area contributed by atoms with E-state index in [0.717, 1.165) is 23.3 Å². The molecule has 0 atom stereocenters. The van der Waals surface area contributed by atoms with Gasteiger partial charge in [0.05, 0.1) is 6.26 Å². The third kappa shape index (κ3) is 6.37. The molecule has 0 unspecified atom stereocenters. The van der Waals surface area contributed by atoms with Gasteiger partial charge in [-0.25, -0.2) is 8.42 Å². The molecular weight excluding hydrogens is 404 g/mol. The van der Waals surface area contributed by atoms with Crippen LogP contribution in [0.1, 0.15) is 21.5 Å². The first-order chi connectivity index (χ1) is 13.8. The molecule has 5 nitrogen and oxygen atoms in total. The third-order valence-electron chi connectivity index (χ3n) is 4.14. The molecule has 3 aromatic rings. The first kappa shape index (κ1) is 21.0. The van der Waals surface area contributed by atoms with Gasteiger partial charge in [0.1, 0.15) is 0 Å². The zero-order valence-corrected chi connectivity index (χ0v) is 17.8. The maximum Gasteiger partial charge on any atom is 0.255 e. The maximum absolute atomic E-state index is 12.5. The summed E-state index contributed by atoms with van der Waals surface area (Å²) in [5.41, 5.74) is 3.79. The van der Waals surface area contributed by atoms with Crippen LogP contribution in [0.2, 0.25) is 0 Å². The highest BCUT2D eigenvalue weighted by molar-refractivity contribution is 7.98. The lowest BCUT2D eigenvalue weighted by Gasteiger charge is -2.11. The quantitative estimate of drug-likeness (QED) is 0.526. The van der Waals surface area contributed by atoms with Crippen molar-refractivity contribution in [3.8, 4) is 0 Å². The van der Waals surface area contributed by atoms with Crippen molar-refractivity contribution in [1.29, 1.82) is 0 Å². The zero-order valence-electron chi connectivity index (χ0n) is 16.2. The first-order valence-electron chi connectivity index (χ1n) is 8.97. The Bertz CT molecular complexity index is 1100. The lowest BCUT2D eigenvalue weighted by atomic mass is 10.1. The lowest BCUT2D eigenvalue weighted by molar-refractivity contribution is 0.102. The van der Waals surface area contributed by atoms with Crippen LogP contribution < -0.4 is 10.0 Å². The van der Waals surface area contributed by atoms with Gasteiger partial charge in [0.15, 0.2) is 0 Å². The number of carbonyl (C=O) groups is 1. The Labute approximate surface area is 175 Å². The van der Waals surface area contributed by atoms with Crippen molar-refractivity contribution >= 4 is 39.1 Å². The van der Waals surface area contributed by atoms with Crippen LogP contribution in [0.15, 0.2) is 77.7 Å². The molecule has 0 heterocycles. The van der Waals surface area contributed by atoms with Crippen LogP contribution in [0.3, 0.4) is 0 Å². The van der Waals surface area contributed by atoms with Gasteiger partial charge in [-0.05, 0) is 60.5 Å². The number of benzene rings is 3. The van der Waals surface area contributed by atoms with Gasteiger partial charge in [-0.3, -0.25) is 9.52 Å². The van der Waals surface area contributed by atoms with E-state index < -0.39 is 10.0 Å². The molecule has 0 bridgehead atoms. The van der Waals surface area contributed by atoms with Crippen LogP contribution in [0, 0.1) is 6.92 Å². The molecule has 29 heavy (non-hydrogen) atoms. The molecule has 0 radical (unpaired) electrons. The molecule has 0 aliphatic heterocycles. The molecule has 1 amide bonds. The van der Waals surface area contributed by atoms with Gasteiger partial charge in [-0.15, -0.1) is 11.8 Å². The number of sulfonamides is 1. The summed E-state index contributed by atoms with van der Waals surface area (Å²) in [6.07, 6.45) is 1.08. The Morgan fingerprint density at radius 2 is 1.66 bits per heavy atom. The SMILES string of the molecule is Cc1cc(CSc2ccccc2)ccc1NC(=O)c1ccc(NS(C)(=O)=O)cc1. The second-order valence-corrected chi connectivity index (χ2v) is 9.45. The van der Waals surface area contributed by atoms with Crippen LogP contribution in [0.4, 0.5) is 11.4 Å². The van der Waals surface area contributed by atoms with Gasteiger partial charge in [0, 0.05) is 27.6 Å². The van der Waals surface area contributed by atoms with Gasteiger partial charge < -0.3 is 5.32 Å². The number of hydrogen-bond donors (Lipinski definition) is 2. The Hall–Kier alpha value is -2.77. The van der Waals surface area contributed by atoms with E-state index in [1.807, 2.05) is 37.3 Å². The predicted octanol–water partition coefficient (Wildman–Crippen LogP) is 4.91. The summed E-state index contributed by atoms with van der Waals surface area (Å²) < 4.78 is 24.9. The molecule has 0 spiro atoms. The Morgan fingerprint density at radius 1 is 0.966 bits per heavy atom. The molecule has 2 N–H and O–H groups in total. The van der Waals surface area contributed by atoms with Crippen molar-refractivity contribution in [3.05, 3.63) is 89.5 Å². The molecule has 150 valence electrons. The van der Waals surface area contributed by atoms with E-state index in [-0.39, 0.29) is 5.91 Å². The van der Waals surface area contributed by atoms with Crippen LogP contribution >= 0.6 is 11.8 Å². The van der Waals surface area contributed by atoms with E-state index in [1.54, 1.807) is 36.0 Å². The highest BCUT2D eigenvalue weighted by atomic mass is 32.2. The number of hydrogen-bond acceptors (Lipinski definition) is 4. The fraction of sp³-hybridized carbons (Fsp3) is 0.136. The predicted molar refractivity (Wildman–Crippen MR) is 120 cm³/mol. The minimum Gasteiger partial charge on any atom is -0.322 e. The van der Waals surface area contributed by atoms with Gasteiger partial charge in [0.2, 0.25) is 10.0 Å². The Balaban J connectivity index is 1.63. The summed E-state index contributed by atoms with van der Waals surface area (Å²) in [6, 6.07) is 22.5. The fourth-order valence-electron chi connectivity index (χ4n) is 2.74. The molecule has 0 aliphatic carbocycles. The largest absolute Gasteiger partial charge is 0.322 e. The second-order valence-electron chi connectivity index (χ2n) is 6.66. The fourth-order valence-corrected chi connectivity index (χ4v) is 4.16. The minimum absolute atomic E-state index is 0.245. The summed E-state index contributed by atoms with van der Waals surface area (Å²) >= 11 is 1.77. The summed E-state index contributed by atoms with van der Waals surface area (Å²) in [4.78, 5) is 13.7. The molecular formula is C22H22N2O3S2. The van der Waals surface area contributed by atoms with Crippen molar-refractivity contribution in [2.24, 2.45) is 0 Å². The molecule has 0 saturated heterocycles.